The largest absolute Gasteiger partial charge is 0.472 e. The molecule has 58 heavy (non-hydrogen) atoms. The zero-order chi connectivity index (χ0) is 42.8. The molecule has 0 aromatic rings. The molecule has 3 unspecified atom stereocenters. The number of aliphatic hydroxyl groups is 1. The molecule has 0 bridgehead atoms. The molecule has 0 fully saturated rings. The minimum Gasteiger partial charge on any atom is -0.387 e. The molecule has 0 saturated heterocycles. The predicted molar refractivity (Wildman–Crippen MR) is 249 cm³/mol. The van der Waals surface area contributed by atoms with Crippen molar-refractivity contribution < 1.29 is 32.9 Å². The first kappa shape index (κ1) is 55.2. The molecule has 0 aliphatic heterocycles. The molecule has 0 rings (SSSR count). The summed E-state index contributed by atoms with van der Waals surface area (Å²) < 4.78 is 23.5. The smallest absolute Gasteiger partial charge is 0.387 e. The number of rotatable bonds is 38. The highest BCUT2D eigenvalue weighted by Gasteiger charge is 2.27. The Kier molecular flexibility index (Phi) is 37.7. The van der Waals surface area contributed by atoms with E-state index in [2.05, 4.69) is 116 Å². The second-order valence-corrected chi connectivity index (χ2v) is 17.1. The number of hydrogen-bond acceptors (Lipinski definition) is 5. The van der Waals surface area contributed by atoms with Gasteiger partial charge < -0.3 is 19.8 Å². The lowest BCUT2D eigenvalue weighted by molar-refractivity contribution is -0.870. The fraction of sp³-hybridized carbons (Fsp3) is 0.612. The zero-order valence-corrected chi connectivity index (χ0v) is 38.1. The normalized spacial score (nSPS) is 15.4. The van der Waals surface area contributed by atoms with Crippen molar-refractivity contribution in [1.82, 2.24) is 5.32 Å². The number of hydrogen-bond donors (Lipinski definition) is 3. The van der Waals surface area contributed by atoms with E-state index < -0.39 is 20.0 Å². The van der Waals surface area contributed by atoms with Crippen LogP contribution in [0.15, 0.2) is 109 Å². The molecule has 3 N–H and O–H groups in total. The molecule has 8 nitrogen and oxygen atoms in total. The van der Waals surface area contributed by atoms with Crippen LogP contribution >= 0.6 is 7.82 Å². The number of nitrogens with one attached hydrogen (secondary N) is 1. The number of aliphatic hydroxyl groups excluding tert-OH is 1. The summed E-state index contributed by atoms with van der Waals surface area (Å²) in [7, 11) is 1.49. The van der Waals surface area contributed by atoms with Crippen LogP contribution in [0, 0.1) is 0 Å². The maximum absolute atomic E-state index is 12.8. The van der Waals surface area contributed by atoms with Gasteiger partial charge in [-0.3, -0.25) is 13.8 Å². The van der Waals surface area contributed by atoms with Gasteiger partial charge >= 0.3 is 7.82 Å². The number of phosphoric ester groups is 1. The van der Waals surface area contributed by atoms with Crippen molar-refractivity contribution in [2.75, 3.05) is 40.9 Å². The van der Waals surface area contributed by atoms with Crippen molar-refractivity contribution in [2.24, 2.45) is 0 Å². The molecule has 0 aromatic heterocycles. The van der Waals surface area contributed by atoms with Gasteiger partial charge in [-0.1, -0.05) is 162 Å². The molecule has 1 amide bonds. The average Bonchev–Trinajstić information content (AvgIpc) is 3.17. The second kappa shape index (κ2) is 39.6. The van der Waals surface area contributed by atoms with Crippen LogP contribution in [-0.4, -0.2) is 73.4 Å². The molecule has 0 aliphatic carbocycles. The number of amides is 1. The summed E-state index contributed by atoms with van der Waals surface area (Å²) in [5.74, 6) is -0.251. The minimum atomic E-state index is -4.37. The summed E-state index contributed by atoms with van der Waals surface area (Å²) >= 11 is 0. The number of quaternary nitrogens is 1. The molecule has 0 aliphatic rings. The van der Waals surface area contributed by atoms with Crippen LogP contribution in [0.25, 0.3) is 0 Å². The van der Waals surface area contributed by atoms with Crippen LogP contribution in [0.3, 0.4) is 0 Å². The molecule has 0 spiro atoms. The van der Waals surface area contributed by atoms with Crippen molar-refractivity contribution in [3.63, 3.8) is 0 Å². The van der Waals surface area contributed by atoms with Crippen molar-refractivity contribution in [3.05, 3.63) is 109 Å². The minimum absolute atomic E-state index is 0.0385. The highest BCUT2D eigenvalue weighted by molar-refractivity contribution is 7.47. The van der Waals surface area contributed by atoms with Gasteiger partial charge in [0.15, 0.2) is 0 Å². The summed E-state index contributed by atoms with van der Waals surface area (Å²) in [6.07, 6.45) is 57.4. The third-order valence-corrected chi connectivity index (χ3v) is 9.96. The van der Waals surface area contributed by atoms with Crippen LogP contribution in [0.4, 0.5) is 0 Å². The lowest BCUT2D eigenvalue weighted by Gasteiger charge is -2.25. The van der Waals surface area contributed by atoms with E-state index in [-0.39, 0.29) is 25.5 Å². The monoisotopic (exact) mass is 828 g/mol. The lowest BCUT2D eigenvalue weighted by atomic mass is 10.1. The highest BCUT2D eigenvalue weighted by Crippen LogP contribution is 2.43. The Labute approximate surface area is 355 Å². The third-order valence-electron chi connectivity index (χ3n) is 8.98. The molecular weight excluding hydrogens is 744 g/mol. The van der Waals surface area contributed by atoms with Crippen LogP contribution < -0.4 is 5.32 Å². The summed E-state index contributed by atoms with van der Waals surface area (Å²) in [4.78, 5) is 23.1. The van der Waals surface area contributed by atoms with Gasteiger partial charge in [-0.2, -0.15) is 0 Å². The van der Waals surface area contributed by atoms with Gasteiger partial charge in [0.25, 0.3) is 0 Å². The van der Waals surface area contributed by atoms with Crippen LogP contribution in [0.5, 0.6) is 0 Å². The first-order chi connectivity index (χ1) is 28.0. The van der Waals surface area contributed by atoms with E-state index in [1.54, 1.807) is 6.08 Å². The van der Waals surface area contributed by atoms with E-state index in [9.17, 15) is 19.4 Å². The average molecular weight is 828 g/mol. The van der Waals surface area contributed by atoms with Crippen LogP contribution in [0.1, 0.15) is 142 Å². The Morgan fingerprint density at radius 1 is 0.603 bits per heavy atom. The van der Waals surface area contributed by atoms with Crippen LogP contribution in [0.2, 0.25) is 0 Å². The van der Waals surface area contributed by atoms with Gasteiger partial charge in [0, 0.05) is 6.42 Å². The maximum Gasteiger partial charge on any atom is 0.472 e. The number of phosphoric acid groups is 1. The van der Waals surface area contributed by atoms with E-state index in [4.69, 9.17) is 9.05 Å². The van der Waals surface area contributed by atoms with Gasteiger partial charge in [0.05, 0.1) is 39.9 Å². The van der Waals surface area contributed by atoms with Crippen molar-refractivity contribution in [2.45, 2.75) is 154 Å². The summed E-state index contributed by atoms with van der Waals surface area (Å²) in [5.41, 5.74) is 0. The first-order valence-corrected chi connectivity index (χ1v) is 23.8. The summed E-state index contributed by atoms with van der Waals surface area (Å²) in [6.45, 7) is 4.58. The fourth-order valence-corrected chi connectivity index (χ4v) is 6.19. The van der Waals surface area contributed by atoms with Gasteiger partial charge in [-0.05, 0) is 83.5 Å². The summed E-state index contributed by atoms with van der Waals surface area (Å²) in [5, 5.41) is 13.7. The Bertz CT molecular complexity index is 1300. The maximum atomic E-state index is 12.8. The molecular formula is C49H84N2O6P+. The molecule has 0 radical (unpaired) electrons. The summed E-state index contributed by atoms with van der Waals surface area (Å²) in [6, 6.07) is -0.900. The molecule has 0 aromatic carbocycles. The highest BCUT2D eigenvalue weighted by atomic mass is 31.2. The lowest BCUT2D eigenvalue weighted by Crippen LogP contribution is -2.45. The van der Waals surface area contributed by atoms with E-state index in [1.165, 1.54) is 44.9 Å². The van der Waals surface area contributed by atoms with Gasteiger partial charge in [-0.15, -0.1) is 0 Å². The van der Waals surface area contributed by atoms with Crippen LogP contribution in [-0.2, 0) is 18.4 Å². The fourth-order valence-electron chi connectivity index (χ4n) is 5.45. The van der Waals surface area contributed by atoms with Crippen molar-refractivity contribution in [1.29, 1.82) is 0 Å². The molecule has 330 valence electrons. The second-order valence-electron chi connectivity index (χ2n) is 15.7. The molecule has 0 saturated carbocycles. The quantitative estimate of drug-likeness (QED) is 0.0248. The number of carbonyl (C=O) groups excluding carboxylic acids is 1. The van der Waals surface area contributed by atoms with Gasteiger partial charge in [0.1, 0.15) is 13.2 Å². The van der Waals surface area contributed by atoms with E-state index in [0.717, 1.165) is 70.6 Å². The molecule has 0 heterocycles. The number of likely N-dealkylation sites (N-methyl/N-ethyl adjacent to an activating group) is 1. The SMILES string of the molecule is CC/C=C\C/C=C\C/C=C\C/C=C\C/C=C\C/C=C\C/C=C\CCCC(=O)NC(COP(=O)(O)OCC[N+](C)(C)C)C(O)/C=C/CC/C=C/CCCCCCCCC. The third kappa shape index (κ3) is 41.3. The number of unbranched alkanes of at least 4 members (excludes halogenated alkanes) is 9. The van der Waals surface area contributed by atoms with Crippen molar-refractivity contribution in [3.8, 4) is 0 Å². The Balaban J connectivity index is 4.57. The van der Waals surface area contributed by atoms with Crippen molar-refractivity contribution >= 4 is 13.7 Å². The standard InChI is InChI=1S/C49H83N2O6P/c1-6-8-10-12-14-16-18-20-21-22-23-24-25-26-27-28-29-31-33-35-37-39-41-43-49(53)50-47(46-57-58(54,55)56-45-44-51(3,4)5)48(52)42-40-38-36-34-32-30-19-17-15-13-11-9-7-2/h8,10,14,16,20-21,23-24,26-27,29,31-32,34-35,37,40,42,47-48,52H,6-7,9,11-13,15,17-19,22,25,28,30,33,36,38-39,41,43-46H2,1-5H3,(H-,50,53,54,55)/p+1/b10-8-,16-14-,21-20-,24-23-,27-26-,31-29-,34-32+,37-35-,42-40+. The molecule has 9 heteroatoms. The Morgan fingerprint density at radius 2 is 1.05 bits per heavy atom. The first-order valence-electron chi connectivity index (χ1n) is 22.3. The topological polar surface area (TPSA) is 105 Å². The zero-order valence-electron chi connectivity index (χ0n) is 37.2. The number of allylic oxidation sites excluding steroid dienone is 17. The Morgan fingerprint density at radius 3 is 1.59 bits per heavy atom. The van der Waals surface area contributed by atoms with Gasteiger partial charge in [-0.25, -0.2) is 4.57 Å². The van der Waals surface area contributed by atoms with E-state index >= 15 is 0 Å². The Hall–Kier alpha value is -2.84. The van der Waals surface area contributed by atoms with E-state index in [1.807, 2.05) is 27.2 Å². The predicted octanol–water partition coefficient (Wildman–Crippen LogP) is 12.5. The van der Waals surface area contributed by atoms with Gasteiger partial charge in [0.2, 0.25) is 5.91 Å². The number of nitrogens with zero attached hydrogens (tertiary/aromatic N) is 1. The van der Waals surface area contributed by atoms with E-state index in [0.29, 0.717) is 17.4 Å². The molecule has 3 atom stereocenters. The number of carbonyl (C=O) groups is 1.